The zero-order valence-corrected chi connectivity index (χ0v) is 11.6. The molecule has 0 saturated carbocycles. The molecular formula is C16H14ClN3. The summed E-state index contributed by atoms with van der Waals surface area (Å²) in [5, 5.41) is 12.9. The first-order valence-corrected chi connectivity index (χ1v) is 6.87. The number of nitrogens with one attached hydrogen (secondary N) is 1. The molecule has 0 amide bonds. The van der Waals surface area contributed by atoms with Gasteiger partial charge >= 0.3 is 0 Å². The molecule has 3 nitrogen and oxygen atoms in total. The van der Waals surface area contributed by atoms with Crippen molar-refractivity contribution in [1.29, 1.82) is 5.26 Å². The van der Waals surface area contributed by atoms with Crippen LogP contribution in [0.25, 0.3) is 0 Å². The van der Waals surface area contributed by atoms with Crippen molar-refractivity contribution in [3.05, 3.63) is 64.2 Å². The van der Waals surface area contributed by atoms with E-state index in [0.29, 0.717) is 10.6 Å². The fraction of sp³-hybridized carbons (Fsp3) is 0.188. The molecule has 0 heterocycles. The minimum Gasteiger partial charge on any atom is -0.378 e. The summed E-state index contributed by atoms with van der Waals surface area (Å²) < 4.78 is 0. The van der Waals surface area contributed by atoms with Gasteiger partial charge in [0, 0.05) is 11.7 Å². The smallest absolute Gasteiger partial charge is 0.101 e. The zero-order valence-electron chi connectivity index (χ0n) is 10.8. The Hall–Kier alpha value is -2.02. The highest BCUT2D eigenvalue weighted by Crippen LogP contribution is 2.39. The molecule has 0 bridgehead atoms. The number of halogens is 1. The third kappa shape index (κ3) is 2.24. The van der Waals surface area contributed by atoms with Crippen LogP contribution in [-0.4, -0.2) is 0 Å². The van der Waals surface area contributed by atoms with Gasteiger partial charge in [0.05, 0.1) is 16.6 Å². The van der Waals surface area contributed by atoms with Crippen LogP contribution in [0.3, 0.4) is 0 Å². The lowest BCUT2D eigenvalue weighted by molar-refractivity contribution is 0.648. The lowest BCUT2D eigenvalue weighted by atomic mass is 10.1. The Kier molecular flexibility index (Phi) is 3.35. The Morgan fingerprint density at radius 2 is 1.95 bits per heavy atom. The molecule has 0 spiro atoms. The summed E-state index contributed by atoms with van der Waals surface area (Å²) in [6.45, 7) is 0. The summed E-state index contributed by atoms with van der Waals surface area (Å²) in [5.74, 6) is 0. The van der Waals surface area contributed by atoms with Crippen LogP contribution in [0, 0.1) is 11.3 Å². The van der Waals surface area contributed by atoms with Crippen LogP contribution in [0.2, 0.25) is 5.02 Å². The van der Waals surface area contributed by atoms with Crippen molar-refractivity contribution in [2.45, 2.75) is 18.5 Å². The van der Waals surface area contributed by atoms with Gasteiger partial charge in [0.25, 0.3) is 0 Å². The number of hydrogen-bond donors (Lipinski definition) is 2. The molecule has 1 aliphatic carbocycles. The van der Waals surface area contributed by atoms with Gasteiger partial charge in [-0.25, -0.2) is 0 Å². The highest BCUT2D eigenvalue weighted by atomic mass is 35.5. The molecule has 20 heavy (non-hydrogen) atoms. The zero-order chi connectivity index (χ0) is 14.1. The molecule has 2 aromatic carbocycles. The number of hydrogen-bond acceptors (Lipinski definition) is 3. The number of fused-ring (bicyclic) bond motifs is 1. The molecule has 4 heteroatoms. The summed E-state index contributed by atoms with van der Waals surface area (Å²) in [7, 11) is 0. The highest BCUT2D eigenvalue weighted by Gasteiger charge is 2.28. The first-order valence-electron chi connectivity index (χ1n) is 6.49. The Bertz CT molecular complexity index is 690. The number of nitrogens with zero attached hydrogens (tertiary/aromatic N) is 1. The summed E-state index contributed by atoms with van der Waals surface area (Å²) >= 11 is 5.95. The van der Waals surface area contributed by atoms with Crippen LogP contribution in [0.15, 0.2) is 42.5 Å². The van der Waals surface area contributed by atoms with Crippen LogP contribution >= 0.6 is 11.6 Å². The van der Waals surface area contributed by atoms with Crippen LogP contribution in [0.5, 0.6) is 0 Å². The van der Waals surface area contributed by atoms with Gasteiger partial charge in [-0.15, -0.1) is 0 Å². The average molecular weight is 284 g/mol. The van der Waals surface area contributed by atoms with Crippen molar-refractivity contribution < 1.29 is 0 Å². The largest absolute Gasteiger partial charge is 0.378 e. The number of rotatable bonds is 2. The Labute approximate surface area is 123 Å². The van der Waals surface area contributed by atoms with Gasteiger partial charge in [-0.1, -0.05) is 35.9 Å². The Morgan fingerprint density at radius 3 is 2.70 bits per heavy atom. The van der Waals surface area contributed by atoms with E-state index in [9.17, 15) is 0 Å². The molecular weight excluding hydrogens is 270 g/mol. The third-order valence-corrected chi connectivity index (χ3v) is 4.02. The first kappa shape index (κ1) is 13.0. The van der Waals surface area contributed by atoms with Gasteiger partial charge in [-0.05, 0) is 35.7 Å². The monoisotopic (exact) mass is 283 g/mol. The summed E-state index contributed by atoms with van der Waals surface area (Å²) in [5.41, 5.74) is 9.95. The summed E-state index contributed by atoms with van der Waals surface area (Å²) in [4.78, 5) is 0. The normalized spacial score (nSPS) is 20.2. The van der Waals surface area contributed by atoms with Crippen LogP contribution in [0.1, 0.15) is 35.2 Å². The van der Waals surface area contributed by atoms with Crippen molar-refractivity contribution in [1.82, 2.24) is 0 Å². The van der Waals surface area contributed by atoms with E-state index < -0.39 is 0 Å². The summed E-state index contributed by atoms with van der Waals surface area (Å²) in [6.07, 6.45) is 0.851. The van der Waals surface area contributed by atoms with Crippen LogP contribution in [-0.2, 0) is 0 Å². The SMILES string of the molecule is N#Cc1cc(NC2CC(N)c3ccccc32)ccc1Cl. The maximum Gasteiger partial charge on any atom is 0.101 e. The maximum atomic E-state index is 9.02. The molecule has 3 N–H and O–H groups in total. The minimum absolute atomic E-state index is 0.0615. The summed E-state index contributed by atoms with van der Waals surface area (Å²) in [6, 6.07) is 15.9. The van der Waals surface area contributed by atoms with E-state index in [1.807, 2.05) is 18.2 Å². The molecule has 0 saturated heterocycles. The molecule has 3 rings (SSSR count). The van der Waals surface area contributed by atoms with Crippen LogP contribution in [0.4, 0.5) is 5.69 Å². The second-order valence-corrected chi connectivity index (χ2v) is 5.38. The van der Waals surface area contributed by atoms with E-state index in [1.165, 1.54) is 11.1 Å². The second-order valence-electron chi connectivity index (χ2n) is 4.97. The van der Waals surface area contributed by atoms with Crippen LogP contribution < -0.4 is 11.1 Å². The average Bonchev–Trinajstić information content (AvgIpc) is 2.78. The van der Waals surface area contributed by atoms with Crippen molar-refractivity contribution in [2.24, 2.45) is 5.73 Å². The highest BCUT2D eigenvalue weighted by molar-refractivity contribution is 6.31. The molecule has 2 atom stereocenters. The van der Waals surface area contributed by atoms with Gasteiger partial charge in [-0.2, -0.15) is 5.26 Å². The number of nitriles is 1. The van der Waals surface area contributed by atoms with E-state index in [1.54, 1.807) is 12.1 Å². The fourth-order valence-corrected chi connectivity index (χ4v) is 2.87. The predicted molar refractivity (Wildman–Crippen MR) is 80.5 cm³/mol. The van der Waals surface area contributed by atoms with E-state index in [4.69, 9.17) is 22.6 Å². The molecule has 2 unspecified atom stereocenters. The third-order valence-electron chi connectivity index (χ3n) is 3.69. The molecule has 0 radical (unpaired) electrons. The molecule has 0 aliphatic heterocycles. The Morgan fingerprint density at radius 1 is 1.20 bits per heavy atom. The molecule has 100 valence electrons. The van der Waals surface area contributed by atoms with Crippen molar-refractivity contribution in [3.8, 4) is 6.07 Å². The van der Waals surface area contributed by atoms with E-state index in [0.717, 1.165) is 12.1 Å². The second kappa shape index (κ2) is 5.16. The number of benzene rings is 2. The lowest BCUT2D eigenvalue weighted by Gasteiger charge is -2.16. The van der Waals surface area contributed by atoms with Crippen molar-refractivity contribution in [3.63, 3.8) is 0 Å². The van der Waals surface area contributed by atoms with Gasteiger partial charge in [0.2, 0.25) is 0 Å². The Balaban J connectivity index is 1.88. The topological polar surface area (TPSA) is 61.8 Å². The van der Waals surface area contributed by atoms with Gasteiger partial charge in [0.15, 0.2) is 0 Å². The van der Waals surface area contributed by atoms with Gasteiger partial charge in [0.1, 0.15) is 6.07 Å². The standard InChI is InChI=1S/C16H14ClN3/c17-14-6-5-11(7-10(14)9-18)20-16-8-15(19)12-3-1-2-4-13(12)16/h1-7,15-16,20H,8,19H2. The number of anilines is 1. The molecule has 1 aliphatic rings. The molecule has 0 aromatic heterocycles. The molecule has 2 aromatic rings. The lowest BCUT2D eigenvalue weighted by Crippen LogP contribution is -2.10. The quantitative estimate of drug-likeness (QED) is 0.882. The maximum absolute atomic E-state index is 9.02. The van der Waals surface area contributed by atoms with E-state index >= 15 is 0 Å². The van der Waals surface area contributed by atoms with Crippen molar-refractivity contribution in [2.75, 3.05) is 5.32 Å². The number of nitrogens with two attached hydrogens (primary N) is 1. The van der Waals surface area contributed by atoms with E-state index in [2.05, 4.69) is 23.5 Å². The van der Waals surface area contributed by atoms with Gasteiger partial charge < -0.3 is 11.1 Å². The van der Waals surface area contributed by atoms with Crippen molar-refractivity contribution >= 4 is 17.3 Å². The minimum atomic E-state index is 0.0615. The van der Waals surface area contributed by atoms with E-state index in [-0.39, 0.29) is 12.1 Å². The van der Waals surface area contributed by atoms with Gasteiger partial charge in [-0.3, -0.25) is 0 Å². The predicted octanol–water partition coefficient (Wildman–Crippen LogP) is 3.77. The fourth-order valence-electron chi connectivity index (χ4n) is 2.71. The molecule has 0 fully saturated rings. The first-order chi connectivity index (χ1) is 9.69.